The Hall–Kier alpha value is -1.41. The summed E-state index contributed by atoms with van der Waals surface area (Å²) in [5.41, 5.74) is 3.16. The number of aromatic nitrogens is 2. The monoisotopic (exact) mass is 218 g/mol. The molecule has 0 saturated heterocycles. The van der Waals surface area contributed by atoms with Crippen LogP contribution in [0, 0.1) is 6.92 Å². The quantitative estimate of drug-likeness (QED) is 0.724. The van der Waals surface area contributed by atoms with E-state index < -0.39 is 0 Å². The fourth-order valence-corrected chi connectivity index (χ4v) is 1.56. The van der Waals surface area contributed by atoms with Crippen molar-refractivity contribution < 1.29 is 0 Å². The van der Waals surface area contributed by atoms with Crippen LogP contribution in [-0.2, 0) is 5.88 Å². The first-order chi connectivity index (χ1) is 7.29. The van der Waals surface area contributed by atoms with Crippen molar-refractivity contribution in [2.45, 2.75) is 12.8 Å². The highest BCUT2D eigenvalue weighted by Crippen LogP contribution is 2.17. The van der Waals surface area contributed by atoms with Crippen molar-refractivity contribution in [3.8, 4) is 11.3 Å². The van der Waals surface area contributed by atoms with Gasteiger partial charge in [-0.3, -0.25) is 0 Å². The lowest BCUT2D eigenvalue weighted by Crippen LogP contribution is -1.89. The van der Waals surface area contributed by atoms with Gasteiger partial charge in [0.2, 0.25) is 0 Å². The molecule has 15 heavy (non-hydrogen) atoms. The Morgan fingerprint density at radius 1 is 1.13 bits per heavy atom. The topological polar surface area (TPSA) is 25.8 Å². The Bertz CT molecular complexity index is 451. The molecule has 76 valence electrons. The zero-order valence-corrected chi connectivity index (χ0v) is 9.20. The fourth-order valence-electron chi connectivity index (χ4n) is 1.38. The Morgan fingerprint density at radius 2 is 1.87 bits per heavy atom. The molecule has 2 nitrogen and oxygen atoms in total. The molecule has 1 aromatic carbocycles. The summed E-state index contributed by atoms with van der Waals surface area (Å²) in [5, 5.41) is 0. The number of hydrogen-bond donors (Lipinski definition) is 0. The van der Waals surface area contributed by atoms with Crippen LogP contribution in [0.4, 0.5) is 0 Å². The first-order valence-electron chi connectivity index (χ1n) is 4.74. The molecule has 2 rings (SSSR count). The summed E-state index contributed by atoms with van der Waals surface area (Å²) in [6.07, 6.45) is 1.77. The van der Waals surface area contributed by atoms with E-state index in [0.29, 0.717) is 5.88 Å². The van der Waals surface area contributed by atoms with E-state index in [1.165, 1.54) is 0 Å². The summed E-state index contributed by atoms with van der Waals surface area (Å²) in [6, 6.07) is 9.99. The third-order valence-corrected chi connectivity index (χ3v) is 2.49. The van der Waals surface area contributed by atoms with Crippen LogP contribution in [0.5, 0.6) is 0 Å². The van der Waals surface area contributed by atoms with Crippen molar-refractivity contribution in [2.75, 3.05) is 0 Å². The van der Waals surface area contributed by atoms with Crippen molar-refractivity contribution in [2.24, 2.45) is 0 Å². The van der Waals surface area contributed by atoms with Crippen molar-refractivity contribution in [3.63, 3.8) is 0 Å². The van der Waals surface area contributed by atoms with Crippen molar-refractivity contribution in [1.82, 2.24) is 9.97 Å². The van der Waals surface area contributed by atoms with Crippen molar-refractivity contribution >= 4 is 11.6 Å². The average molecular weight is 219 g/mol. The third-order valence-electron chi connectivity index (χ3n) is 2.18. The van der Waals surface area contributed by atoms with Gasteiger partial charge in [-0.25, -0.2) is 9.97 Å². The molecule has 3 heteroatoms. The van der Waals surface area contributed by atoms with Gasteiger partial charge in [0.15, 0.2) is 0 Å². The number of halogens is 1. The Labute approximate surface area is 94.0 Å². The summed E-state index contributed by atoms with van der Waals surface area (Å²) >= 11 is 5.72. The lowest BCUT2D eigenvalue weighted by atomic mass is 10.1. The minimum absolute atomic E-state index is 0.545. The molecule has 0 atom stereocenters. The zero-order chi connectivity index (χ0) is 10.7. The molecule has 0 unspecified atom stereocenters. The average Bonchev–Trinajstić information content (AvgIpc) is 2.29. The number of rotatable bonds is 2. The number of aryl methyl sites for hydroxylation is 1. The van der Waals surface area contributed by atoms with Crippen molar-refractivity contribution in [3.05, 3.63) is 47.9 Å². The van der Waals surface area contributed by atoms with Gasteiger partial charge >= 0.3 is 0 Å². The molecule has 0 amide bonds. The molecular weight excluding hydrogens is 208 g/mol. The van der Waals surface area contributed by atoms with E-state index in [0.717, 1.165) is 22.6 Å². The Balaban J connectivity index is 2.37. The van der Waals surface area contributed by atoms with E-state index in [4.69, 9.17) is 11.6 Å². The molecule has 0 aliphatic rings. The molecule has 0 aliphatic heterocycles. The Morgan fingerprint density at radius 3 is 2.47 bits per heavy atom. The van der Waals surface area contributed by atoms with E-state index in [1.807, 2.05) is 37.3 Å². The second kappa shape index (κ2) is 4.41. The van der Waals surface area contributed by atoms with Crippen LogP contribution in [0.3, 0.4) is 0 Å². The van der Waals surface area contributed by atoms with Crippen LogP contribution >= 0.6 is 11.6 Å². The van der Waals surface area contributed by atoms with Gasteiger partial charge in [0, 0.05) is 17.6 Å². The summed E-state index contributed by atoms with van der Waals surface area (Å²) in [4.78, 5) is 8.42. The second-order valence-electron chi connectivity index (χ2n) is 3.32. The molecule has 0 N–H and O–H groups in total. The van der Waals surface area contributed by atoms with Crippen LogP contribution in [-0.4, -0.2) is 9.97 Å². The van der Waals surface area contributed by atoms with Crippen LogP contribution in [0.2, 0.25) is 0 Å². The van der Waals surface area contributed by atoms with Gasteiger partial charge in [-0.15, -0.1) is 11.6 Å². The highest BCUT2D eigenvalue weighted by molar-refractivity contribution is 6.17. The molecule has 0 radical (unpaired) electrons. The summed E-state index contributed by atoms with van der Waals surface area (Å²) in [5.74, 6) is 1.33. The predicted molar refractivity (Wildman–Crippen MR) is 61.8 cm³/mol. The van der Waals surface area contributed by atoms with Gasteiger partial charge in [-0.2, -0.15) is 0 Å². The maximum absolute atomic E-state index is 5.72. The molecule has 0 bridgehead atoms. The van der Waals surface area contributed by atoms with E-state index in [2.05, 4.69) is 9.97 Å². The zero-order valence-electron chi connectivity index (χ0n) is 8.44. The first-order valence-corrected chi connectivity index (χ1v) is 5.28. The lowest BCUT2D eigenvalue weighted by Gasteiger charge is -2.02. The maximum atomic E-state index is 5.72. The minimum atomic E-state index is 0.545. The van der Waals surface area contributed by atoms with Gasteiger partial charge in [-0.05, 0) is 18.6 Å². The molecule has 0 saturated carbocycles. The molecule has 0 spiro atoms. The van der Waals surface area contributed by atoms with Gasteiger partial charge in [-0.1, -0.05) is 24.3 Å². The van der Waals surface area contributed by atoms with Crippen LogP contribution < -0.4 is 0 Å². The third kappa shape index (κ3) is 2.34. The van der Waals surface area contributed by atoms with E-state index in [9.17, 15) is 0 Å². The molecule has 0 aliphatic carbocycles. The fraction of sp³-hybridized carbons (Fsp3) is 0.167. The Kier molecular flexibility index (Phi) is 2.97. The highest BCUT2D eigenvalue weighted by atomic mass is 35.5. The predicted octanol–water partition coefficient (Wildman–Crippen LogP) is 3.19. The molecule has 2 aromatic rings. The van der Waals surface area contributed by atoms with Crippen molar-refractivity contribution in [1.29, 1.82) is 0 Å². The lowest BCUT2D eigenvalue weighted by molar-refractivity contribution is 1.06. The normalized spacial score (nSPS) is 10.3. The maximum Gasteiger partial charge on any atom is 0.125 e. The second-order valence-corrected chi connectivity index (χ2v) is 3.59. The summed E-state index contributed by atoms with van der Waals surface area (Å²) in [7, 11) is 0. The molecule has 1 aromatic heterocycles. The summed E-state index contributed by atoms with van der Waals surface area (Å²) in [6.45, 7) is 1.89. The smallest absolute Gasteiger partial charge is 0.125 e. The van der Waals surface area contributed by atoms with Gasteiger partial charge < -0.3 is 0 Å². The van der Waals surface area contributed by atoms with Crippen LogP contribution in [0.25, 0.3) is 11.3 Å². The summed E-state index contributed by atoms with van der Waals surface area (Å²) < 4.78 is 0. The largest absolute Gasteiger partial charge is 0.242 e. The van der Waals surface area contributed by atoms with Gasteiger partial charge in [0.05, 0.1) is 5.69 Å². The minimum Gasteiger partial charge on any atom is -0.242 e. The number of alkyl halides is 1. The SMILES string of the molecule is Cc1nccc(-c2ccc(CCl)cc2)n1. The number of nitrogens with zero attached hydrogens (tertiary/aromatic N) is 2. The number of hydrogen-bond acceptors (Lipinski definition) is 2. The standard InChI is InChI=1S/C12H11ClN2/c1-9-14-7-6-12(15-9)11-4-2-10(8-13)3-5-11/h2-7H,8H2,1H3. The molecular formula is C12H11ClN2. The van der Waals surface area contributed by atoms with E-state index in [-0.39, 0.29) is 0 Å². The van der Waals surface area contributed by atoms with E-state index in [1.54, 1.807) is 6.20 Å². The van der Waals surface area contributed by atoms with Crippen LogP contribution in [0.1, 0.15) is 11.4 Å². The van der Waals surface area contributed by atoms with Gasteiger partial charge in [0.25, 0.3) is 0 Å². The molecule has 0 fully saturated rings. The van der Waals surface area contributed by atoms with E-state index >= 15 is 0 Å². The number of benzene rings is 1. The highest BCUT2D eigenvalue weighted by Gasteiger charge is 1.99. The first kappa shape index (κ1) is 10.1. The van der Waals surface area contributed by atoms with Crippen LogP contribution in [0.15, 0.2) is 36.5 Å². The molecule has 1 heterocycles. The van der Waals surface area contributed by atoms with Gasteiger partial charge in [0.1, 0.15) is 5.82 Å².